The minimum Gasteiger partial charge on any atom is -0.480 e. The fraction of sp³-hybridized carbons (Fsp3) is 0.308. The van der Waals surface area contributed by atoms with Crippen molar-refractivity contribution in [2.75, 3.05) is 13.1 Å². The first-order chi connectivity index (χ1) is 16.4. The first kappa shape index (κ1) is 23.2. The number of carboxylic acid groups (broad SMARTS) is 1. The van der Waals surface area contributed by atoms with E-state index in [9.17, 15) is 14.7 Å². The number of hydrogen-bond acceptors (Lipinski definition) is 5. The Morgan fingerprint density at radius 1 is 0.941 bits per heavy atom. The number of aryl methyl sites for hydroxylation is 2. The highest BCUT2D eigenvalue weighted by molar-refractivity contribution is 5.88. The van der Waals surface area contributed by atoms with Crippen molar-refractivity contribution in [3.8, 4) is 6.01 Å². The third-order valence-corrected chi connectivity index (χ3v) is 6.02. The number of rotatable bonds is 7. The molecule has 0 aliphatic carbocycles. The van der Waals surface area contributed by atoms with Crippen LogP contribution in [-0.2, 0) is 10.2 Å². The maximum Gasteiger partial charge on any atom is 0.324 e. The van der Waals surface area contributed by atoms with Crippen LogP contribution in [0.5, 0.6) is 6.01 Å². The van der Waals surface area contributed by atoms with Gasteiger partial charge in [-0.05, 0) is 43.9 Å². The Labute approximate surface area is 198 Å². The van der Waals surface area contributed by atoms with Crippen LogP contribution in [0, 0.1) is 13.8 Å². The number of carbonyl (C=O) groups excluding carboxylic acids is 1. The first-order valence-electron chi connectivity index (χ1n) is 11.3. The molecule has 1 aliphatic heterocycles. The second kappa shape index (κ2) is 9.91. The van der Waals surface area contributed by atoms with E-state index in [1.54, 1.807) is 73.3 Å². The Bertz CT molecular complexity index is 1090. The van der Waals surface area contributed by atoms with Crippen LogP contribution in [0.3, 0.4) is 0 Å². The van der Waals surface area contributed by atoms with Crippen molar-refractivity contribution in [3.63, 3.8) is 0 Å². The SMILES string of the molecule is Cc1cc(C)nc(OC(NC(=O)N2CCCC2)C(C(=O)O)(c2ccccc2)c2ccccc2)n1. The minimum absolute atomic E-state index is 0.00158. The lowest BCUT2D eigenvalue weighted by Crippen LogP contribution is -2.60. The lowest BCUT2D eigenvalue weighted by Gasteiger charge is -2.38. The molecule has 2 aromatic carbocycles. The molecule has 2 heterocycles. The van der Waals surface area contributed by atoms with Crippen LogP contribution in [0.25, 0.3) is 0 Å². The van der Waals surface area contributed by atoms with E-state index in [1.807, 2.05) is 12.1 Å². The molecule has 2 N–H and O–H groups in total. The van der Waals surface area contributed by atoms with E-state index in [0.29, 0.717) is 35.6 Å². The van der Waals surface area contributed by atoms with Gasteiger partial charge in [-0.15, -0.1) is 0 Å². The first-order valence-corrected chi connectivity index (χ1v) is 11.3. The summed E-state index contributed by atoms with van der Waals surface area (Å²) < 4.78 is 6.18. The molecule has 0 bridgehead atoms. The molecule has 1 saturated heterocycles. The van der Waals surface area contributed by atoms with Crippen molar-refractivity contribution in [3.05, 3.63) is 89.2 Å². The zero-order valence-corrected chi connectivity index (χ0v) is 19.3. The van der Waals surface area contributed by atoms with Gasteiger partial charge in [0.1, 0.15) is 0 Å². The van der Waals surface area contributed by atoms with Gasteiger partial charge in [0.05, 0.1) is 0 Å². The summed E-state index contributed by atoms with van der Waals surface area (Å²) in [6.45, 7) is 4.82. The number of carboxylic acids is 1. The fourth-order valence-corrected chi connectivity index (χ4v) is 4.43. The van der Waals surface area contributed by atoms with Gasteiger partial charge in [0.25, 0.3) is 0 Å². The molecular weight excluding hydrogens is 432 g/mol. The topological polar surface area (TPSA) is 105 Å². The van der Waals surface area contributed by atoms with Crippen LogP contribution in [0.15, 0.2) is 66.7 Å². The van der Waals surface area contributed by atoms with Gasteiger partial charge in [-0.3, -0.25) is 4.79 Å². The van der Waals surface area contributed by atoms with Crippen molar-refractivity contribution < 1.29 is 19.4 Å². The van der Waals surface area contributed by atoms with Gasteiger partial charge in [0, 0.05) is 24.5 Å². The molecule has 2 amide bonds. The monoisotopic (exact) mass is 460 g/mol. The highest BCUT2D eigenvalue weighted by atomic mass is 16.5. The number of likely N-dealkylation sites (tertiary alicyclic amines) is 1. The molecule has 3 aromatic rings. The standard InChI is InChI=1S/C26H28N4O4/c1-18-17-19(2)28-24(27-18)34-22(29-25(33)30-15-9-10-16-30)26(23(31)32,20-11-5-3-6-12-20)21-13-7-4-8-14-21/h3-8,11-14,17,22H,9-10,15-16H2,1-2H3,(H,29,33)(H,31,32). The molecule has 4 rings (SSSR count). The Hall–Kier alpha value is -3.94. The molecule has 1 aromatic heterocycles. The second-order valence-electron chi connectivity index (χ2n) is 8.42. The van der Waals surface area contributed by atoms with Crippen molar-refractivity contribution in [1.29, 1.82) is 0 Å². The van der Waals surface area contributed by atoms with E-state index < -0.39 is 17.6 Å². The van der Waals surface area contributed by atoms with E-state index >= 15 is 0 Å². The van der Waals surface area contributed by atoms with Crippen LogP contribution in [0.1, 0.15) is 35.4 Å². The van der Waals surface area contributed by atoms with E-state index in [2.05, 4.69) is 15.3 Å². The van der Waals surface area contributed by atoms with Crippen LogP contribution >= 0.6 is 0 Å². The summed E-state index contributed by atoms with van der Waals surface area (Å²) in [5.41, 5.74) is 0.508. The van der Waals surface area contributed by atoms with Crippen LogP contribution in [-0.4, -0.2) is 51.3 Å². The van der Waals surface area contributed by atoms with Gasteiger partial charge in [-0.2, -0.15) is 0 Å². The number of aliphatic carboxylic acids is 1. The summed E-state index contributed by atoms with van der Waals surface area (Å²) in [6.07, 6.45) is 0.477. The molecule has 176 valence electrons. The number of benzene rings is 2. The quantitative estimate of drug-likeness (QED) is 0.521. The molecule has 1 atom stereocenters. The molecule has 0 saturated carbocycles. The molecule has 0 radical (unpaired) electrons. The molecule has 8 nitrogen and oxygen atoms in total. The van der Waals surface area contributed by atoms with E-state index in [4.69, 9.17) is 4.74 Å². The summed E-state index contributed by atoms with van der Waals surface area (Å²) in [4.78, 5) is 36.8. The third kappa shape index (κ3) is 4.57. The van der Waals surface area contributed by atoms with Gasteiger partial charge in [0.15, 0.2) is 5.41 Å². The smallest absolute Gasteiger partial charge is 0.324 e. The number of ether oxygens (including phenoxy) is 1. The van der Waals surface area contributed by atoms with E-state index in [-0.39, 0.29) is 12.0 Å². The molecule has 8 heteroatoms. The number of nitrogens with one attached hydrogen (secondary N) is 1. The molecule has 1 unspecified atom stereocenters. The van der Waals surface area contributed by atoms with Crippen LogP contribution < -0.4 is 10.1 Å². The van der Waals surface area contributed by atoms with E-state index in [1.165, 1.54) is 0 Å². The predicted molar refractivity (Wildman–Crippen MR) is 127 cm³/mol. The predicted octanol–water partition coefficient (Wildman–Crippen LogP) is 3.67. The summed E-state index contributed by atoms with van der Waals surface area (Å²) in [7, 11) is 0. The highest BCUT2D eigenvalue weighted by Gasteiger charge is 2.52. The Balaban J connectivity index is 1.89. The molecular formula is C26H28N4O4. The zero-order valence-electron chi connectivity index (χ0n) is 19.3. The average Bonchev–Trinajstić information content (AvgIpc) is 3.35. The average molecular weight is 461 g/mol. The number of carbonyl (C=O) groups is 2. The fourth-order valence-electron chi connectivity index (χ4n) is 4.43. The van der Waals surface area contributed by atoms with Crippen LogP contribution in [0.4, 0.5) is 4.79 Å². The minimum atomic E-state index is -1.76. The summed E-state index contributed by atoms with van der Waals surface area (Å²) in [6, 6.07) is 19.0. The third-order valence-electron chi connectivity index (χ3n) is 6.02. The van der Waals surface area contributed by atoms with Gasteiger partial charge < -0.3 is 20.1 Å². The van der Waals surface area contributed by atoms with Gasteiger partial charge in [-0.25, -0.2) is 14.8 Å². The van der Waals surface area contributed by atoms with Crippen molar-refractivity contribution >= 4 is 12.0 Å². The largest absolute Gasteiger partial charge is 0.480 e. The number of nitrogens with zero attached hydrogens (tertiary/aromatic N) is 3. The van der Waals surface area contributed by atoms with Gasteiger partial charge in [0.2, 0.25) is 6.23 Å². The summed E-state index contributed by atoms with van der Waals surface area (Å²) in [5.74, 6) is -1.17. The molecule has 1 aliphatic rings. The lowest BCUT2D eigenvalue weighted by atomic mass is 9.72. The molecule has 34 heavy (non-hydrogen) atoms. The number of aromatic nitrogens is 2. The number of amides is 2. The van der Waals surface area contributed by atoms with Crippen molar-refractivity contribution in [2.24, 2.45) is 0 Å². The zero-order chi connectivity index (χ0) is 24.1. The summed E-state index contributed by atoms with van der Waals surface area (Å²) in [5, 5.41) is 13.7. The molecule has 1 fully saturated rings. The lowest BCUT2D eigenvalue weighted by molar-refractivity contribution is -0.146. The molecule has 0 spiro atoms. The van der Waals surface area contributed by atoms with Crippen LogP contribution in [0.2, 0.25) is 0 Å². The highest BCUT2D eigenvalue weighted by Crippen LogP contribution is 2.37. The normalized spacial score (nSPS) is 14.5. The second-order valence-corrected chi connectivity index (χ2v) is 8.42. The maximum atomic E-state index is 13.2. The van der Waals surface area contributed by atoms with Crippen molar-refractivity contribution in [1.82, 2.24) is 20.2 Å². The Morgan fingerprint density at radius 3 is 1.91 bits per heavy atom. The maximum absolute atomic E-state index is 13.2. The van der Waals surface area contributed by atoms with Gasteiger partial charge >= 0.3 is 18.0 Å². The van der Waals surface area contributed by atoms with Gasteiger partial charge in [-0.1, -0.05) is 60.7 Å². The van der Waals surface area contributed by atoms with E-state index in [0.717, 1.165) is 12.8 Å². The number of urea groups is 1. The summed E-state index contributed by atoms with van der Waals surface area (Å²) >= 11 is 0. The van der Waals surface area contributed by atoms with Crippen molar-refractivity contribution in [2.45, 2.75) is 38.3 Å². The Kier molecular flexibility index (Phi) is 6.77. The Morgan fingerprint density at radius 2 is 1.44 bits per heavy atom. The number of hydrogen-bond donors (Lipinski definition) is 2.